The number of aryl methyl sites for hydroxylation is 1. The Labute approximate surface area is 152 Å². The van der Waals surface area contributed by atoms with E-state index in [-0.39, 0.29) is 17.7 Å². The number of pyridine rings is 1. The molecule has 1 fully saturated rings. The van der Waals surface area contributed by atoms with Gasteiger partial charge in [0.15, 0.2) is 5.82 Å². The van der Waals surface area contributed by atoms with Crippen LogP contribution in [0.2, 0.25) is 0 Å². The van der Waals surface area contributed by atoms with Crippen LogP contribution in [-0.2, 0) is 5.60 Å². The molecule has 3 atom stereocenters. The third kappa shape index (κ3) is 2.46. The Hall–Kier alpha value is -2.24. The van der Waals surface area contributed by atoms with E-state index in [1.807, 2.05) is 31.2 Å². The molecule has 4 nitrogen and oxygen atoms in total. The highest BCUT2D eigenvalue weighted by molar-refractivity contribution is 5.93. The van der Waals surface area contributed by atoms with E-state index in [9.17, 15) is 9.50 Å². The number of nitrogens with zero attached hydrogens (tertiary/aromatic N) is 1. The number of halogens is 1. The summed E-state index contributed by atoms with van der Waals surface area (Å²) in [5.41, 5.74) is 3.40. The van der Waals surface area contributed by atoms with Crippen LogP contribution in [-0.4, -0.2) is 28.2 Å². The average molecular weight is 353 g/mol. The zero-order valence-corrected chi connectivity index (χ0v) is 15.3. The first-order chi connectivity index (χ1) is 12.4. The van der Waals surface area contributed by atoms with Gasteiger partial charge in [-0.15, -0.1) is 0 Å². The molecule has 5 heteroatoms. The van der Waals surface area contributed by atoms with Gasteiger partial charge in [-0.3, -0.25) is 0 Å². The van der Waals surface area contributed by atoms with Gasteiger partial charge in [0.05, 0.1) is 11.0 Å². The number of aromatic nitrogens is 2. The molecule has 0 bridgehead atoms. The molecule has 0 aliphatic carbocycles. The molecule has 0 spiro atoms. The lowest BCUT2D eigenvalue weighted by Crippen LogP contribution is -2.53. The molecule has 3 N–H and O–H groups in total. The summed E-state index contributed by atoms with van der Waals surface area (Å²) in [7, 11) is 0. The SMILES string of the molecule is Cc1cc(-c2ccnc3[nH]cc(F)c23)ccc1C1(O)[C@H](C)CNC[C@@H]1C. The normalized spacial score (nSPS) is 26.3. The van der Waals surface area contributed by atoms with E-state index in [0.717, 1.165) is 35.3 Å². The van der Waals surface area contributed by atoms with Crippen molar-refractivity contribution in [3.8, 4) is 11.1 Å². The number of hydrogen-bond acceptors (Lipinski definition) is 3. The molecule has 1 saturated heterocycles. The standard InChI is InChI=1S/C21H24FN3O/c1-12-8-15(16-6-7-24-20-19(16)18(22)11-25-20)4-5-17(12)21(26)13(2)9-23-10-14(21)3/h4-8,11,13-14,23,26H,9-10H2,1-3H3,(H,24,25)/t13-,14+,21?. The third-order valence-electron chi connectivity index (χ3n) is 5.90. The fraction of sp³-hybridized carbons (Fsp3) is 0.381. The topological polar surface area (TPSA) is 60.9 Å². The minimum absolute atomic E-state index is 0.116. The van der Waals surface area contributed by atoms with Gasteiger partial charge >= 0.3 is 0 Å². The van der Waals surface area contributed by atoms with Gasteiger partial charge in [-0.2, -0.15) is 0 Å². The number of benzene rings is 1. The fourth-order valence-corrected chi connectivity index (χ4v) is 4.38. The van der Waals surface area contributed by atoms with Gasteiger partial charge in [-0.05, 0) is 35.2 Å². The number of piperidine rings is 1. The zero-order valence-electron chi connectivity index (χ0n) is 15.3. The molecule has 4 rings (SSSR count). The molecule has 0 radical (unpaired) electrons. The highest BCUT2D eigenvalue weighted by atomic mass is 19.1. The van der Waals surface area contributed by atoms with Gasteiger partial charge in [0.1, 0.15) is 5.65 Å². The Morgan fingerprint density at radius 3 is 2.62 bits per heavy atom. The Morgan fingerprint density at radius 1 is 1.19 bits per heavy atom. The predicted octanol–water partition coefficient (Wildman–Crippen LogP) is 3.74. The van der Waals surface area contributed by atoms with Crippen LogP contribution in [0.15, 0.2) is 36.7 Å². The van der Waals surface area contributed by atoms with Gasteiger partial charge in [0.25, 0.3) is 0 Å². The maximum Gasteiger partial charge on any atom is 0.150 e. The quantitative estimate of drug-likeness (QED) is 0.658. The van der Waals surface area contributed by atoms with E-state index >= 15 is 0 Å². The summed E-state index contributed by atoms with van der Waals surface area (Å²) < 4.78 is 14.2. The number of fused-ring (bicyclic) bond motifs is 1. The molecule has 0 saturated carbocycles. The van der Waals surface area contributed by atoms with Crippen LogP contribution in [0, 0.1) is 24.6 Å². The van der Waals surface area contributed by atoms with E-state index in [0.29, 0.717) is 11.0 Å². The van der Waals surface area contributed by atoms with E-state index in [1.165, 1.54) is 6.20 Å². The Kier molecular flexibility index (Phi) is 4.09. The number of aliphatic hydroxyl groups is 1. The van der Waals surface area contributed by atoms with Crippen molar-refractivity contribution >= 4 is 11.0 Å². The molecule has 136 valence electrons. The molecule has 3 aromatic rings. The lowest BCUT2D eigenvalue weighted by molar-refractivity contribution is -0.0811. The average Bonchev–Trinajstić information content (AvgIpc) is 3.01. The number of hydrogen-bond donors (Lipinski definition) is 3. The lowest BCUT2D eigenvalue weighted by Gasteiger charge is -2.44. The van der Waals surface area contributed by atoms with Crippen molar-refractivity contribution in [3.63, 3.8) is 0 Å². The smallest absolute Gasteiger partial charge is 0.150 e. The molecule has 1 aliphatic rings. The fourth-order valence-electron chi connectivity index (χ4n) is 4.38. The van der Waals surface area contributed by atoms with E-state index in [2.05, 4.69) is 29.1 Å². The summed E-state index contributed by atoms with van der Waals surface area (Å²) in [5, 5.41) is 15.4. The Bertz CT molecular complexity index is 955. The predicted molar refractivity (Wildman–Crippen MR) is 101 cm³/mol. The highest BCUT2D eigenvalue weighted by Gasteiger charge is 2.44. The van der Waals surface area contributed by atoms with Gasteiger partial charge in [-0.25, -0.2) is 9.37 Å². The van der Waals surface area contributed by atoms with Crippen LogP contribution in [0.4, 0.5) is 4.39 Å². The van der Waals surface area contributed by atoms with Crippen molar-refractivity contribution in [3.05, 3.63) is 53.6 Å². The second-order valence-corrected chi connectivity index (χ2v) is 7.53. The van der Waals surface area contributed by atoms with Gasteiger partial charge in [0, 0.05) is 37.3 Å². The summed E-state index contributed by atoms with van der Waals surface area (Å²) >= 11 is 0. The molecule has 1 aromatic carbocycles. The van der Waals surface area contributed by atoms with Crippen molar-refractivity contribution in [2.75, 3.05) is 13.1 Å². The molecule has 1 aliphatic heterocycles. The summed E-state index contributed by atoms with van der Waals surface area (Å²) in [6, 6.07) is 7.84. The molecule has 3 heterocycles. The molecular weight excluding hydrogens is 329 g/mol. The van der Waals surface area contributed by atoms with Crippen LogP contribution in [0.3, 0.4) is 0 Å². The molecular formula is C21H24FN3O. The monoisotopic (exact) mass is 353 g/mol. The molecule has 26 heavy (non-hydrogen) atoms. The highest BCUT2D eigenvalue weighted by Crippen LogP contribution is 2.41. The minimum Gasteiger partial charge on any atom is -0.384 e. The first-order valence-electron chi connectivity index (χ1n) is 9.09. The summed E-state index contributed by atoms with van der Waals surface area (Å²) in [4.78, 5) is 7.05. The van der Waals surface area contributed by atoms with Gasteiger partial charge in [0.2, 0.25) is 0 Å². The maximum atomic E-state index is 14.2. The first-order valence-corrected chi connectivity index (χ1v) is 9.09. The molecule has 2 aromatic heterocycles. The van der Waals surface area contributed by atoms with Crippen LogP contribution in [0.5, 0.6) is 0 Å². The van der Waals surface area contributed by atoms with Crippen molar-refractivity contribution < 1.29 is 9.50 Å². The van der Waals surface area contributed by atoms with E-state index in [4.69, 9.17) is 0 Å². The molecule has 1 unspecified atom stereocenters. The van der Waals surface area contributed by atoms with E-state index < -0.39 is 5.60 Å². The van der Waals surface area contributed by atoms with Crippen LogP contribution in [0.1, 0.15) is 25.0 Å². The van der Waals surface area contributed by atoms with Gasteiger partial charge < -0.3 is 15.4 Å². The number of aromatic amines is 1. The number of H-pyrrole nitrogens is 1. The van der Waals surface area contributed by atoms with Crippen molar-refractivity contribution in [1.82, 2.24) is 15.3 Å². The van der Waals surface area contributed by atoms with Gasteiger partial charge in [-0.1, -0.05) is 32.0 Å². The second-order valence-electron chi connectivity index (χ2n) is 7.53. The zero-order chi connectivity index (χ0) is 18.5. The first kappa shape index (κ1) is 17.2. The third-order valence-corrected chi connectivity index (χ3v) is 5.90. The van der Waals surface area contributed by atoms with E-state index in [1.54, 1.807) is 6.20 Å². The number of nitrogens with one attached hydrogen (secondary N) is 2. The Balaban J connectivity index is 1.83. The van der Waals surface area contributed by atoms with Crippen LogP contribution in [0.25, 0.3) is 22.2 Å². The summed E-state index contributed by atoms with van der Waals surface area (Å²) in [6.07, 6.45) is 3.02. The largest absolute Gasteiger partial charge is 0.384 e. The van der Waals surface area contributed by atoms with Crippen LogP contribution < -0.4 is 5.32 Å². The lowest BCUT2D eigenvalue weighted by atomic mass is 9.70. The number of rotatable bonds is 2. The Morgan fingerprint density at radius 2 is 1.92 bits per heavy atom. The summed E-state index contributed by atoms with van der Waals surface area (Å²) in [6.45, 7) is 7.77. The second kappa shape index (κ2) is 6.18. The van der Waals surface area contributed by atoms with Crippen molar-refractivity contribution in [2.24, 2.45) is 11.8 Å². The molecule has 0 amide bonds. The minimum atomic E-state index is -0.860. The van der Waals surface area contributed by atoms with Crippen molar-refractivity contribution in [1.29, 1.82) is 0 Å². The summed E-state index contributed by atoms with van der Waals surface area (Å²) in [5.74, 6) is -0.0693. The van der Waals surface area contributed by atoms with Crippen LogP contribution >= 0.6 is 0 Å². The maximum absolute atomic E-state index is 14.2. The van der Waals surface area contributed by atoms with Crippen molar-refractivity contribution in [2.45, 2.75) is 26.4 Å².